The van der Waals surface area contributed by atoms with E-state index in [1.807, 2.05) is 6.92 Å². The van der Waals surface area contributed by atoms with E-state index in [0.717, 1.165) is 0 Å². The van der Waals surface area contributed by atoms with Gasteiger partial charge in [0, 0.05) is 26.2 Å². The number of carbonyl (C=O) groups is 4. The first-order valence-corrected chi connectivity index (χ1v) is 8.79. The van der Waals surface area contributed by atoms with Gasteiger partial charge in [0.15, 0.2) is 0 Å². The highest BCUT2D eigenvalue weighted by atomic mass is 16.6. The minimum Gasteiger partial charge on any atom is -0.450 e. The molecule has 0 unspecified atom stereocenters. The van der Waals surface area contributed by atoms with E-state index in [0.29, 0.717) is 39.3 Å². The van der Waals surface area contributed by atoms with Crippen LogP contribution >= 0.6 is 0 Å². The van der Waals surface area contributed by atoms with E-state index >= 15 is 0 Å². The lowest BCUT2D eigenvalue weighted by Gasteiger charge is -2.35. The van der Waals surface area contributed by atoms with Gasteiger partial charge in [0.1, 0.15) is 0 Å². The Labute approximate surface area is 153 Å². The molecule has 0 aromatic heterocycles. The summed E-state index contributed by atoms with van der Waals surface area (Å²) in [7, 11) is 0. The molecule has 0 spiro atoms. The quantitative estimate of drug-likeness (QED) is 0.664. The molecule has 0 radical (unpaired) electrons. The summed E-state index contributed by atoms with van der Waals surface area (Å²) < 4.78 is 9.59. The van der Waals surface area contributed by atoms with Crippen LogP contribution in [-0.4, -0.2) is 97.7 Å². The average molecular weight is 372 g/mol. The fourth-order valence-electron chi connectivity index (χ4n) is 2.45. The second-order valence-corrected chi connectivity index (χ2v) is 5.64. The molecule has 0 aromatic carbocycles. The van der Waals surface area contributed by atoms with Gasteiger partial charge in [-0.2, -0.15) is 0 Å². The molecule has 1 aliphatic heterocycles. The second-order valence-electron chi connectivity index (χ2n) is 5.64. The Bertz CT molecular complexity index is 505. The Hall–Kier alpha value is -2.36. The molecule has 1 rings (SSSR count). The van der Waals surface area contributed by atoms with E-state index in [-0.39, 0.29) is 31.7 Å². The summed E-state index contributed by atoms with van der Waals surface area (Å²) in [6.07, 6.45) is -1.17. The summed E-state index contributed by atoms with van der Waals surface area (Å²) in [5.74, 6) is -0.649. The predicted octanol–water partition coefficient (Wildman–Crippen LogP) is -0.118. The van der Waals surface area contributed by atoms with Crippen molar-refractivity contribution < 1.29 is 28.7 Å². The van der Waals surface area contributed by atoms with Crippen molar-refractivity contribution in [2.75, 3.05) is 59.0 Å². The summed E-state index contributed by atoms with van der Waals surface area (Å²) in [6, 6.07) is 0. The third-order valence-electron chi connectivity index (χ3n) is 3.85. The highest BCUT2D eigenvalue weighted by molar-refractivity contribution is 5.93. The van der Waals surface area contributed by atoms with Gasteiger partial charge in [-0.15, -0.1) is 0 Å². The minimum atomic E-state index is -0.796. The number of hydrogen-bond acceptors (Lipinski definition) is 7. The van der Waals surface area contributed by atoms with Crippen LogP contribution in [0.2, 0.25) is 0 Å². The van der Waals surface area contributed by atoms with Crippen molar-refractivity contribution in [3.05, 3.63) is 0 Å². The lowest BCUT2D eigenvalue weighted by atomic mass is 10.3. The topological polar surface area (TPSA) is 108 Å². The standard InChI is InChI=1S/C16H28N4O6/c1-4-18(11-13(21)17-15(23)25-5-2)12-14(22)19-7-9-20(10-8-19)16(24)26-6-3/h4-12H2,1-3H3,(H,17,21,23). The molecule has 0 aliphatic carbocycles. The molecule has 1 aliphatic rings. The number of nitrogens with zero attached hydrogens (tertiary/aromatic N) is 3. The van der Waals surface area contributed by atoms with E-state index in [4.69, 9.17) is 4.74 Å². The fraction of sp³-hybridized carbons (Fsp3) is 0.750. The maximum absolute atomic E-state index is 12.4. The number of ether oxygens (including phenoxy) is 2. The van der Waals surface area contributed by atoms with E-state index in [1.165, 1.54) is 0 Å². The van der Waals surface area contributed by atoms with Crippen LogP contribution in [0.5, 0.6) is 0 Å². The van der Waals surface area contributed by atoms with Crippen LogP contribution in [0, 0.1) is 0 Å². The molecule has 0 atom stereocenters. The van der Waals surface area contributed by atoms with Crippen LogP contribution in [0.1, 0.15) is 20.8 Å². The molecule has 0 bridgehead atoms. The number of likely N-dealkylation sites (N-methyl/N-ethyl adjacent to an activating group) is 1. The number of rotatable bonds is 7. The van der Waals surface area contributed by atoms with Crippen molar-refractivity contribution in [2.45, 2.75) is 20.8 Å². The Morgan fingerprint density at radius 1 is 0.885 bits per heavy atom. The van der Waals surface area contributed by atoms with Crippen LogP contribution in [0.3, 0.4) is 0 Å². The Morgan fingerprint density at radius 2 is 1.46 bits per heavy atom. The smallest absolute Gasteiger partial charge is 0.413 e. The second kappa shape index (κ2) is 11.3. The molecular formula is C16H28N4O6. The molecule has 1 saturated heterocycles. The van der Waals surface area contributed by atoms with Gasteiger partial charge in [-0.3, -0.25) is 19.8 Å². The van der Waals surface area contributed by atoms with Crippen LogP contribution in [0.15, 0.2) is 0 Å². The van der Waals surface area contributed by atoms with Gasteiger partial charge < -0.3 is 19.3 Å². The predicted molar refractivity (Wildman–Crippen MR) is 92.5 cm³/mol. The molecule has 10 heteroatoms. The maximum atomic E-state index is 12.4. The number of imide groups is 1. The first kappa shape index (κ1) is 21.7. The first-order valence-electron chi connectivity index (χ1n) is 8.79. The summed E-state index contributed by atoms with van der Waals surface area (Å²) in [4.78, 5) is 52.0. The highest BCUT2D eigenvalue weighted by Gasteiger charge is 2.26. The molecule has 4 amide bonds. The van der Waals surface area contributed by atoms with Gasteiger partial charge in [0.2, 0.25) is 11.8 Å². The molecule has 1 fully saturated rings. The third kappa shape index (κ3) is 7.26. The van der Waals surface area contributed by atoms with Gasteiger partial charge in [0.25, 0.3) is 0 Å². The van der Waals surface area contributed by atoms with Gasteiger partial charge in [0.05, 0.1) is 26.3 Å². The number of alkyl carbamates (subject to hydrolysis) is 1. The third-order valence-corrected chi connectivity index (χ3v) is 3.85. The first-order chi connectivity index (χ1) is 12.4. The van der Waals surface area contributed by atoms with Crippen LogP contribution in [-0.2, 0) is 19.1 Å². The van der Waals surface area contributed by atoms with E-state index in [1.54, 1.807) is 28.5 Å². The Kier molecular flexibility index (Phi) is 9.42. The van der Waals surface area contributed by atoms with Crippen molar-refractivity contribution in [3.63, 3.8) is 0 Å². The fourth-order valence-corrected chi connectivity index (χ4v) is 2.45. The van der Waals surface area contributed by atoms with Gasteiger partial charge in [-0.05, 0) is 20.4 Å². The lowest BCUT2D eigenvalue weighted by molar-refractivity contribution is -0.134. The van der Waals surface area contributed by atoms with Gasteiger partial charge in [-0.1, -0.05) is 6.92 Å². The molecule has 148 valence electrons. The lowest BCUT2D eigenvalue weighted by Crippen LogP contribution is -2.53. The van der Waals surface area contributed by atoms with Crippen molar-refractivity contribution in [1.82, 2.24) is 20.0 Å². The monoisotopic (exact) mass is 372 g/mol. The Balaban J connectivity index is 2.41. The zero-order valence-corrected chi connectivity index (χ0v) is 15.7. The van der Waals surface area contributed by atoms with Crippen LogP contribution < -0.4 is 5.32 Å². The molecule has 1 N–H and O–H groups in total. The van der Waals surface area contributed by atoms with E-state index in [2.05, 4.69) is 10.1 Å². The average Bonchev–Trinajstić information content (AvgIpc) is 2.61. The Morgan fingerprint density at radius 3 is 2.00 bits per heavy atom. The number of carbonyl (C=O) groups excluding carboxylic acids is 4. The van der Waals surface area contributed by atoms with Crippen LogP contribution in [0.4, 0.5) is 9.59 Å². The zero-order chi connectivity index (χ0) is 19.5. The summed E-state index contributed by atoms with van der Waals surface area (Å²) in [6.45, 7) is 7.83. The van der Waals surface area contributed by atoms with Gasteiger partial charge >= 0.3 is 12.2 Å². The molecule has 0 saturated carbocycles. The molecule has 26 heavy (non-hydrogen) atoms. The molecule has 0 aromatic rings. The van der Waals surface area contributed by atoms with Gasteiger partial charge in [-0.25, -0.2) is 9.59 Å². The SMILES string of the molecule is CCOC(=O)NC(=O)CN(CC)CC(=O)N1CCN(C(=O)OCC)CC1. The summed E-state index contributed by atoms with van der Waals surface area (Å²) >= 11 is 0. The zero-order valence-electron chi connectivity index (χ0n) is 15.7. The van der Waals surface area contributed by atoms with Crippen molar-refractivity contribution >= 4 is 24.0 Å². The largest absolute Gasteiger partial charge is 0.450 e. The number of hydrogen-bond donors (Lipinski definition) is 1. The van der Waals surface area contributed by atoms with Crippen molar-refractivity contribution in [1.29, 1.82) is 0 Å². The van der Waals surface area contributed by atoms with Crippen LogP contribution in [0.25, 0.3) is 0 Å². The van der Waals surface area contributed by atoms with Crippen molar-refractivity contribution in [2.24, 2.45) is 0 Å². The number of nitrogens with one attached hydrogen (secondary N) is 1. The number of piperazine rings is 1. The summed E-state index contributed by atoms with van der Waals surface area (Å²) in [5, 5.41) is 2.10. The highest BCUT2D eigenvalue weighted by Crippen LogP contribution is 2.05. The normalized spacial score (nSPS) is 14.2. The molecular weight excluding hydrogens is 344 g/mol. The van der Waals surface area contributed by atoms with E-state index < -0.39 is 12.0 Å². The van der Waals surface area contributed by atoms with Crippen molar-refractivity contribution in [3.8, 4) is 0 Å². The molecule has 10 nitrogen and oxygen atoms in total. The molecule has 1 heterocycles. The summed E-state index contributed by atoms with van der Waals surface area (Å²) in [5.41, 5.74) is 0. The number of amides is 4. The maximum Gasteiger partial charge on any atom is 0.413 e. The minimum absolute atomic E-state index is 0.0617. The van der Waals surface area contributed by atoms with E-state index in [9.17, 15) is 19.2 Å².